The van der Waals surface area contributed by atoms with Gasteiger partial charge in [0, 0.05) is 6.04 Å². The first-order valence-electron chi connectivity index (χ1n) is 7.40. The van der Waals surface area contributed by atoms with E-state index in [4.69, 9.17) is 10.6 Å². The number of hydrogen-bond donors (Lipinski definition) is 2. The largest absolute Gasteiger partial charge is 0.497 e. The first kappa shape index (κ1) is 14.1. The molecular weight excluding hydrogens is 260 g/mol. The Morgan fingerprint density at radius 2 is 1.81 bits per heavy atom. The maximum Gasteiger partial charge on any atom is 0.119 e. The molecule has 0 fully saturated rings. The number of hydrazine groups is 1. The van der Waals surface area contributed by atoms with Gasteiger partial charge in [-0.2, -0.15) is 0 Å². The summed E-state index contributed by atoms with van der Waals surface area (Å²) in [5.74, 6) is 7.27. The summed E-state index contributed by atoms with van der Waals surface area (Å²) in [6.45, 7) is 2.12. The average Bonchev–Trinajstić information content (AvgIpc) is 2.93. The zero-order chi connectivity index (χ0) is 14.8. The third-order valence-corrected chi connectivity index (χ3v) is 4.55. The fourth-order valence-electron chi connectivity index (χ4n) is 3.43. The molecule has 2 aromatic rings. The lowest BCUT2D eigenvalue weighted by Crippen LogP contribution is -2.34. The van der Waals surface area contributed by atoms with E-state index in [1.54, 1.807) is 7.11 Å². The molecule has 3 N–H and O–H groups in total. The van der Waals surface area contributed by atoms with Crippen LogP contribution in [0.4, 0.5) is 0 Å². The van der Waals surface area contributed by atoms with E-state index in [-0.39, 0.29) is 6.04 Å². The molecule has 0 aliphatic heterocycles. The van der Waals surface area contributed by atoms with Crippen LogP contribution >= 0.6 is 0 Å². The zero-order valence-corrected chi connectivity index (χ0v) is 12.6. The average molecular weight is 282 g/mol. The Morgan fingerprint density at radius 1 is 1.14 bits per heavy atom. The number of rotatable bonds is 4. The highest BCUT2D eigenvalue weighted by atomic mass is 16.5. The van der Waals surface area contributed by atoms with Crippen molar-refractivity contribution in [1.29, 1.82) is 0 Å². The van der Waals surface area contributed by atoms with Gasteiger partial charge in [-0.05, 0) is 60.1 Å². The number of aryl methyl sites for hydroxylation is 1. The summed E-state index contributed by atoms with van der Waals surface area (Å²) < 4.78 is 5.29. The van der Waals surface area contributed by atoms with Crippen LogP contribution in [0.5, 0.6) is 5.75 Å². The Balaban J connectivity index is 1.87. The van der Waals surface area contributed by atoms with Gasteiger partial charge in [-0.25, -0.2) is 0 Å². The van der Waals surface area contributed by atoms with Crippen molar-refractivity contribution in [1.82, 2.24) is 5.43 Å². The summed E-state index contributed by atoms with van der Waals surface area (Å²) in [4.78, 5) is 0. The molecule has 3 heteroatoms. The van der Waals surface area contributed by atoms with Crippen LogP contribution in [0, 0.1) is 12.8 Å². The van der Waals surface area contributed by atoms with Crippen LogP contribution in [0.15, 0.2) is 42.5 Å². The van der Waals surface area contributed by atoms with E-state index in [1.165, 1.54) is 22.3 Å². The molecule has 1 unspecified atom stereocenters. The van der Waals surface area contributed by atoms with Gasteiger partial charge in [0.25, 0.3) is 0 Å². The van der Waals surface area contributed by atoms with E-state index in [2.05, 4.69) is 48.7 Å². The third kappa shape index (κ3) is 2.67. The van der Waals surface area contributed by atoms with Gasteiger partial charge in [0.15, 0.2) is 0 Å². The van der Waals surface area contributed by atoms with Crippen molar-refractivity contribution in [2.24, 2.45) is 11.8 Å². The molecule has 0 bridgehead atoms. The number of benzene rings is 2. The molecule has 2 aromatic carbocycles. The number of fused-ring (bicyclic) bond motifs is 1. The van der Waals surface area contributed by atoms with Crippen LogP contribution in [0.3, 0.4) is 0 Å². The van der Waals surface area contributed by atoms with Crippen LogP contribution in [0.2, 0.25) is 0 Å². The van der Waals surface area contributed by atoms with Gasteiger partial charge in [0.2, 0.25) is 0 Å². The Bertz CT molecular complexity index is 614. The summed E-state index contributed by atoms with van der Waals surface area (Å²) in [5.41, 5.74) is 8.41. The van der Waals surface area contributed by atoms with Gasteiger partial charge >= 0.3 is 0 Å². The molecule has 1 aliphatic rings. The maximum absolute atomic E-state index is 5.88. The van der Waals surface area contributed by atoms with Crippen LogP contribution in [-0.2, 0) is 12.8 Å². The third-order valence-electron chi connectivity index (χ3n) is 4.55. The van der Waals surface area contributed by atoms with Crippen molar-refractivity contribution in [2.75, 3.05) is 7.11 Å². The molecule has 0 spiro atoms. The number of hydrogen-bond acceptors (Lipinski definition) is 3. The summed E-state index contributed by atoms with van der Waals surface area (Å²) >= 11 is 0. The van der Waals surface area contributed by atoms with Crippen molar-refractivity contribution in [3.05, 3.63) is 64.7 Å². The Morgan fingerprint density at radius 3 is 2.33 bits per heavy atom. The summed E-state index contributed by atoms with van der Waals surface area (Å²) in [5, 5.41) is 0. The molecule has 21 heavy (non-hydrogen) atoms. The minimum atomic E-state index is 0.170. The molecule has 3 rings (SSSR count). The molecule has 0 saturated carbocycles. The lowest BCUT2D eigenvalue weighted by Gasteiger charge is -2.25. The van der Waals surface area contributed by atoms with Crippen LogP contribution < -0.4 is 16.0 Å². The second-order valence-corrected chi connectivity index (χ2v) is 5.80. The predicted molar refractivity (Wildman–Crippen MR) is 85.1 cm³/mol. The first-order chi connectivity index (χ1) is 10.2. The van der Waals surface area contributed by atoms with Crippen molar-refractivity contribution in [2.45, 2.75) is 25.8 Å². The van der Waals surface area contributed by atoms with Crippen molar-refractivity contribution < 1.29 is 4.74 Å². The number of methoxy groups -OCH3 is 1. The minimum Gasteiger partial charge on any atom is -0.497 e. The SMILES string of the molecule is COc1ccc(C(NN)C2Cc3ccccc3C2)c(C)c1. The number of nitrogens with two attached hydrogens (primary N) is 1. The van der Waals surface area contributed by atoms with E-state index >= 15 is 0 Å². The molecule has 1 atom stereocenters. The topological polar surface area (TPSA) is 47.3 Å². The Hall–Kier alpha value is -1.84. The van der Waals surface area contributed by atoms with Gasteiger partial charge in [-0.15, -0.1) is 0 Å². The van der Waals surface area contributed by atoms with E-state index < -0.39 is 0 Å². The standard InChI is InChI=1S/C18H22N2O/c1-12-9-16(21-2)7-8-17(12)18(20-19)15-10-13-5-3-4-6-14(13)11-15/h3-9,15,18,20H,10-11,19H2,1-2H3. The Kier molecular flexibility index (Phi) is 3.95. The summed E-state index contributed by atoms with van der Waals surface area (Å²) in [6.07, 6.45) is 2.16. The molecule has 0 amide bonds. The number of ether oxygens (including phenoxy) is 1. The molecule has 110 valence electrons. The highest BCUT2D eigenvalue weighted by Gasteiger charge is 2.29. The lowest BCUT2D eigenvalue weighted by molar-refractivity contribution is 0.376. The molecular formula is C18H22N2O. The second kappa shape index (κ2) is 5.88. The van der Waals surface area contributed by atoms with Gasteiger partial charge in [-0.1, -0.05) is 30.3 Å². The van der Waals surface area contributed by atoms with Crippen molar-refractivity contribution in [3.63, 3.8) is 0 Å². The normalized spacial score (nSPS) is 15.8. The highest BCUT2D eigenvalue weighted by molar-refractivity contribution is 5.39. The van der Waals surface area contributed by atoms with Crippen LogP contribution in [-0.4, -0.2) is 7.11 Å². The Labute approximate surface area is 126 Å². The quantitative estimate of drug-likeness (QED) is 0.669. The smallest absolute Gasteiger partial charge is 0.119 e. The molecule has 0 aromatic heterocycles. The summed E-state index contributed by atoms with van der Waals surface area (Å²) in [7, 11) is 1.70. The van der Waals surface area contributed by atoms with Gasteiger partial charge in [-0.3, -0.25) is 11.3 Å². The fraction of sp³-hybridized carbons (Fsp3) is 0.333. The zero-order valence-electron chi connectivity index (χ0n) is 12.6. The van der Waals surface area contributed by atoms with Crippen molar-refractivity contribution >= 4 is 0 Å². The van der Waals surface area contributed by atoms with Crippen molar-refractivity contribution in [3.8, 4) is 5.75 Å². The van der Waals surface area contributed by atoms with Gasteiger partial charge in [0.05, 0.1) is 7.11 Å². The number of nitrogens with one attached hydrogen (secondary N) is 1. The molecule has 1 aliphatic carbocycles. The van der Waals surface area contributed by atoms with E-state index in [1.807, 2.05) is 6.07 Å². The van der Waals surface area contributed by atoms with Gasteiger partial charge in [0.1, 0.15) is 5.75 Å². The van der Waals surface area contributed by atoms with E-state index in [0.717, 1.165) is 18.6 Å². The molecule has 0 saturated heterocycles. The minimum absolute atomic E-state index is 0.170. The maximum atomic E-state index is 5.88. The van der Waals surface area contributed by atoms with Crippen LogP contribution in [0.25, 0.3) is 0 Å². The first-order valence-corrected chi connectivity index (χ1v) is 7.40. The van der Waals surface area contributed by atoms with Gasteiger partial charge < -0.3 is 4.74 Å². The monoisotopic (exact) mass is 282 g/mol. The molecule has 0 heterocycles. The molecule has 3 nitrogen and oxygen atoms in total. The van der Waals surface area contributed by atoms with E-state index in [9.17, 15) is 0 Å². The lowest BCUT2D eigenvalue weighted by atomic mass is 9.88. The fourth-order valence-corrected chi connectivity index (χ4v) is 3.43. The summed E-state index contributed by atoms with van der Waals surface area (Å²) in [6, 6.07) is 15.1. The highest BCUT2D eigenvalue weighted by Crippen LogP contribution is 2.36. The predicted octanol–water partition coefficient (Wildman–Crippen LogP) is 2.92. The second-order valence-electron chi connectivity index (χ2n) is 5.80. The van der Waals surface area contributed by atoms with E-state index in [0.29, 0.717) is 5.92 Å². The van der Waals surface area contributed by atoms with Crippen LogP contribution in [0.1, 0.15) is 28.3 Å². The molecule has 0 radical (unpaired) electrons.